The van der Waals surface area contributed by atoms with Crippen LogP contribution in [0.5, 0.6) is 5.75 Å². The number of methoxy groups -OCH3 is 1. The van der Waals surface area contributed by atoms with E-state index in [0.29, 0.717) is 22.5 Å². The summed E-state index contributed by atoms with van der Waals surface area (Å²) in [5.74, 6) is 0.874. The summed E-state index contributed by atoms with van der Waals surface area (Å²) in [5, 5.41) is 0. The monoisotopic (exact) mass is 464 g/mol. The van der Waals surface area contributed by atoms with Crippen molar-refractivity contribution in [3.8, 4) is 5.75 Å². The molecule has 0 saturated heterocycles. The number of hydrogen-bond acceptors (Lipinski definition) is 4. The number of nitrogens with one attached hydrogen (secondary N) is 1. The van der Waals surface area contributed by atoms with Crippen LogP contribution in [0, 0.1) is 5.92 Å². The Morgan fingerprint density at radius 3 is 2.79 bits per heavy atom. The first-order valence-electron chi connectivity index (χ1n) is 9.15. The third kappa shape index (κ3) is 3.81. The molecule has 2 aromatic carbocycles. The Morgan fingerprint density at radius 2 is 2.07 bits per heavy atom. The second-order valence-electron chi connectivity index (χ2n) is 7.10. The molecule has 0 aromatic heterocycles. The Morgan fingerprint density at radius 1 is 1.29 bits per heavy atom. The van der Waals surface area contributed by atoms with Gasteiger partial charge in [0.1, 0.15) is 5.75 Å². The normalized spacial score (nSPS) is 16.1. The van der Waals surface area contributed by atoms with Gasteiger partial charge in [-0.1, -0.05) is 12.1 Å². The molecule has 8 heteroatoms. The summed E-state index contributed by atoms with van der Waals surface area (Å²) in [5.41, 5.74) is 2.50. The maximum atomic E-state index is 12.9. The van der Waals surface area contributed by atoms with E-state index in [-0.39, 0.29) is 23.3 Å². The van der Waals surface area contributed by atoms with E-state index in [0.717, 1.165) is 30.4 Å². The van der Waals surface area contributed by atoms with Gasteiger partial charge < -0.3 is 9.64 Å². The number of anilines is 1. The summed E-state index contributed by atoms with van der Waals surface area (Å²) in [7, 11) is -2.19. The first kappa shape index (κ1) is 19.4. The SMILES string of the molecule is COc1cccc(CNS(=O)(=O)c2cc3c(cc2Br)CCN3C(=O)C2CC2)c1. The maximum Gasteiger partial charge on any atom is 0.242 e. The van der Waals surface area contributed by atoms with E-state index < -0.39 is 10.0 Å². The van der Waals surface area contributed by atoms with E-state index >= 15 is 0 Å². The highest BCUT2D eigenvalue weighted by atomic mass is 79.9. The maximum absolute atomic E-state index is 12.9. The molecule has 1 amide bonds. The lowest BCUT2D eigenvalue weighted by Gasteiger charge is -2.18. The summed E-state index contributed by atoms with van der Waals surface area (Å²) in [6.07, 6.45) is 2.59. The molecule has 1 aliphatic carbocycles. The van der Waals surface area contributed by atoms with Crippen LogP contribution in [0.25, 0.3) is 0 Å². The molecule has 1 fully saturated rings. The number of halogens is 1. The van der Waals surface area contributed by atoms with E-state index in [1.54, 1.807) is 30.2 Å². The zero-order valence-electron chi connectivity index (χ0n) is 15.4. The van der Waals surface area contributed by atoms with Crippen molar-refractivity contribution in [2.45, 2.75) is 30.7 Å². The molecule has 0 spiro atoms. The number of rotatable bonds is 6. The van der Waals surface area contributed by atoms with Gasteiger partial charge in [-0.25, -0.2) is 13.1 Å². The standard InChI is InChI=1S/C20H21BrN2O4S/c1-27-16-4-2-3-13(9-16)12-22-28(25,26)19-11-18-15(10-17(19)21)7-8-23(18)20(24)14-5-6-14/h2-4,9-11,14,22H,5-8,12H2,1H3. The lowest BCUT2D eigenvalue weighted by Crippen LogP contribution is -2.30. The lowest BCUT2D eigenvalue weighted by atomic mass is 10.2. The van der Waals surface area contributed by atoms with Crippen LogP contribution in [0.15, 0.2) is 45.8 Å². The van der Waals surface area contributed by atoms with Crippen LogP contribution in [0.3, 0.4) is 0 Å². The first-order valence-corrected chi connectivity index (χ1v) is 11.4. The largest absolute Gasteiger partial charge is 0.497 e. The summed E-state index contributed by atoms with van der Waals surface area (Å²) < 4.78 is 34.2. The molecule has 1 N–H and O–H groups in total. The van der Waals surface area contributed by atoms with Crippen molar-refractivity contribution in [2.75, 3.05) is 18.6 Å². The van der Waals surface area contributed by atoms with Crippen molar-refractivity contribution < 1.29 is 17.9 Å². The number of hydrogen-bond donors (Lipinski definition) is 1. The molecule has 0 unspecified atom stereocenters. The molecule has 1 heterocycles. The van der Waals surface area contributed by atoms with Crippen LogP contribution >= 0.6 is 15.9 Å². The van der Waals surface area contributed by atoms with Gasteiger partial charge in [-0.05, 0) is 70.6 Å². The van der Waals surface area contributed by atoms with Crippen molar-refractivity contribution in [2.24, 2.45) is 5.92 Å². The second-order valence-corrected chi connectivity index (χ2v) is 9.69. The topological polar surface area (TPSA) is 75.7 Å². The predicted molar refractivity (Wildman–Crippen MR) is 110 cm³/mol. The van der Waals surface area contributed by atoms with E-state index in [1.807, 2.05) is 18.2 Å². The summed E-state index contributed by atoms with van der Waals surface area (Å²) in [4.78, 5) is 14.4. The van der Waals surface area contributed by atoms with Crippen LogP contribution in [0.1, 0.15) is 24.0 Å². The fourth-order valence-electron chi connectivity index (χ4n) is 3.41. The number of amides is 1. The van der Waals surface area contributed by atoms with Gasteiger partial charge in [-0.15, -0.1) is 0 Å². The number of sulfonamides is 1. The second kappa shape index (κ2) is 7.50. The summed E-state index contributed by atoms with van der Waals surface area (Å²) >= 11 is 3.39. The van der Waals surface area contributed by atoms with Gasteiger partial charge in [0.2, 0.25) is 15.9 Å². The molecule has 0 atom stereocenters. The Bertz CT molecular complexity index is 1030. The van der Waals surface area contributed by atoms with Crippen molar-refractivity contribution in [1.82, 2.24) is 4.72 Å². The van der Waals surface area contributed by atoms with Crippen molar-refractivity contribution in [3.63, 3.8) is 0 Å². The number of fused-ring (bicyclic) bond motifs is 1. The third-order valence-corrected chi connectivity index (χ3v) is 7.47. The lowest BCUT2D eigenvalue weighted by molar-refractivity contribution is -0.119. The fraction of sp³-hybridized carbons (Fsp3) is 0.350. The van der Waals surface area contributed by atoms with Crippen LogP contribution in [-0.2, 0) is 27.8 Å². The highest BCUT2D eigenvalue weighted by molar-refractivity contribution is 9.10. The number of ether oxygens (including phenoxy) is 1. The van der Waals surface area contributed by atoms with Gasteiger partial charge in [0.25, 0.3) is 0 Å². The Kier molecular flexibility index (Phi) is 5.20. The Labute approximate surface area is 173 Å². The molecular weight excluding hydrogens is 444 g/mol. The minimum Gasteiger partial charge on any atom is -0.497 e. The molecule has 2 aromatic rings. The third-order valence-electron chi connectivity index (χ3n) is 5.11. The summed E-state index contributed by atoms with van der Waals surface area (Å²) in [6.45, 7) is 0.756. The first-order chi connectivity index (χ1) is 13.4. The van der Waals surface area contributed by atoms with Crippen molar-refractivity contribution >= 4 is 37.5 Å². The van der Waals surface area contributed by atoms with Crippen LogP contribution in [0.4, 0.5) is 5.69 Å². The molecule has 6 nitrogen and oxygen atoms in total. The molecule has 0 bridgehead atoms. The predicted octanol–water partition coefficient (Wildman–Crippen LogP) is 3.24. The Balaban J connectivity index is 1.59. The highest BCUT2D eigenvalue weighted by Crippen LogP contribution is 2.39. The van der Waals surface area contributed by atoms with E-state index in [1.165, 1.54) is 0 Å². The molecule has 4 rings (SSSR count). The van der Waals surface area contributed by atoms with Crippen LogP contribution in [0.2, 0.25) is 0 Å². The summed E-state index contributed by atoms with van der Waals surface area (Å²) in [6, 6.07) is 10.7. The van der Waals surface area contributed by atoms with Crippen LogP contribution < -0.4 is 14.4 Å². The number of carbonyl (C=O) groups is 1. The Hall–Kier alpha value is -1.90. The molecule has 0 radical (unpaired) electrons. The molecule has 1 aliphatic heterocycles. The van der Waals surface area contributed by atoms with Gasteiger partial charge in [-0.3, -0.25) is 4.79 Å². The van der Waals surface area contributed by atoms with E-state index in [2.05, 4.69) is 20.7 Å². The average Bonchev–Trinajstić information content (AvgIpc) is 3.46. The average molecular weight is 465 g/mol. The smallest absolute Gasteiger partial charge is 0.242 e. The minimum absolute atomic E-state index is 0.0980. The van der Waals surface area contributed by atoms with Crippen LogP contribution in [-0.4, -0.2) is 28.0 Å². The van der Waals surface area contributed by atoms with Gasteiger partial charge in [0.15, 0.2) is 0 Å². The van der Waals surface area contributed by atoms with Gasteiger partial charge in [-0.2, -0.15) is 0 Å². The quantitative estimate of drug-likeness (QED) is 0.711. The zero-order valence-corrected chi connectivity index (χ0v) is 17.8. The minimum atomic E-state index is -3.76. The van der Waals surface area contributed by atoms with E-state index in [9.17, 15) is 13.2 Å². The van der Waals surface area contributed by atoms with Crippen molar-refractivity contribution in [1.29, 1.82) is 0 Å². The molecular formula is C20H21BrN2O4S. The fourth-order valence-corrected chi connectivity index (χ4v) is 5.54. The molecule has 2 aliphatic rings. The molecule has 28 heavy (non-hydrogen) atoms. The molecule has 148 valence electrons. The van der Waals surface area contributed by atoms with E-state index in [4.69, 9.17) is 4.74 Å². The van der Waals surface area contributed by atoms with Crippen molar-refractivity contribution in [3.05, 3.63) is 52.0 Å². The number of carbonyl (C=O) groups excluding carboxylic acids is 1. The highest BCUT2D eigenvalue weighted by Gasteiger charge is 2.37. The number of nitrogens with zero attached hydrogens (tertiary/aromatic N) is 1. The van der Waals surface area contributed by atoms with Gasteiger partial charge in [0.05, 0.1) is 12.0 Å². The van der Waals surface area contributed by atoms with Gasteiger partial charge in [0, 0.05) is 29.2 Å². The van der Waals surface area contributed by atoms with Gasteiger partial charge >= 0.3 is 0 Å². The zero-order chi connectivity index (χ0) is 19.9. The number of benzene rings is 2. The molecule has 1 saturated carbocycles.